The second-order valence-corrected chi connectivity index (χ2v) is 14.9. The molecule has 12 heteroatoms. The number of nitrogens with zero attached hydrogens (tertiary/aromatic N) is 6. The zero-order chi connectivity index (χ0) is 38.4. The van der Waals surface area contributed by atoms with Crippen molar-refractivity contribution in [3.05, 3.63) is 126 Å². The van der Waals surface area contributed by atoms with Crippen molar-refractivity contribution in [3.63, 3.8) is 0 Å². The number of nitrogens with one attached hydrogen (secondary N) is 3. The number of anilines is 4. The van der Waals surface area contributed by atoms with E-state index in [1.54, 1.807) is 18.6 Å². The molecule has 56 heavy (non-hydrogen) atoms. The number of amides is 3. The first-order chi connectivity index (χ1) is 27.3. The van der Waals surface area contributed by atoms with Crippen LogP contribution in [-0.2, 0) is 16.1 Å². The van der Waals surface area contributed by atoms with Gasteiger partial charge in [-0.2, -0.15) is 0 Å². The van der Waals surface area contributed by atoms with Gasteiger partial charge in [0.1, 0.15) is 0 Å². The van der Waals surface area contributed by atoms with Gasteiger partial charge in [-0.1, -0.05) is 30.3 Å². The Labute approximate surface area is 327 Å². The van der Waals surface area contributed by atoms with Gasteiger partial charge in [-0.3, -0.25) is 34.5 Å². The molecule has 3 saturated heterocycles. The third kappa shape index (κ3) is 8.77. The van der Waals surface area contributed by atoms with Gasteiger partial charge < -0.3 is 15.5 Å². The monoisotopic (exact) mass is 749 g/mol. The van der Waals surface area contributed by atoms with Crippen molar-refractivity contribution in [1.82, 2.24) is 30.1 Å². The standard InChI is InChI=1S/C44H47N9O3/c1-30-4-11-35(27-40(30)49-44-46-20-16-39(48-44)34-3-2-19-45-28-34)47-42(55)33-9-12-36(13-10-33)52-21-17-37(18-22-52)53-25-23-51(24-26-53)29-31-5-7-32(8-6-31)38-14-15-41(54)50-43(38)56/h2-13,16,19-20,27-28,37-38H,14-15,17-18,21-26,29H2,1H3,(H,47,55)(H,46,48,49)(H,50,54,56). The Balaban J connectivity index is 0.788. The molecule has 3 N–H and O–H groups in total. The minimum absolute atomic E-state index is 0.164. The molecule has 0 spiro atoms. The number of piperazine rings is 1. The van der Waals surface area contributed by atoms with Gasteiger partial charge in [-0.05, 0) is 97.5 Å². The number of aryl methyl sites for hydroxylation is 1. The van der Waals surface area contributed by atoms with Crippen LogP contribution < -0.4 is 20.9 Å². The summed E-state index contributed by atoms with van der Waals surface area (Å²) in [6, 6.07) is 28.3. The van der Waals surface area contributed by atoms with Crippen LogP contribution in [0.3, 0.4) is 0 Å². The van der Waals surface area contributed by atoms with Crippen LogP contribution in [0, 0.1) is 6.92 Å². The average molecular weight is 750 g/mol. The topological polar surface area (TPSA) is 136 Å². The Morgan fingerprint density at radius 3 is 2.38 bits per heavy atom. The van der Waals surface area contributed by atoms with Crippen LogP contribution in [0.1, 0.15) is 58.6 Å². The van der Waals surface area contributed by atoms with E-state index in [1.165, 1.54) is 5.56 Å². The van der Waals surface area contributed by atoms with Crippen LogP contribution in [-0.4, -0.2) is 87.8 Å². The lowest BCUT2D eigenvalue weighted by Gasteiger charge is -2.43. The summed E-state index contributed by atoms with van der Waals surface area (Å²) in [5.41, 5.74) is 8.14. The van der Waals surface area contributed by atoms with Gasteiger partial charge in [0.25, 0.3) is 5.91 Å². The lowest BCUT2D eigenvalue weighted by atomic mass is 9.90. The molecule has 8 rings (SSSR count). The quantitative estimate of drug-likeness (QED) is 0.143. The van der Waals surface area contributed by atoms with Crippen molar-refractivity contribution < 1.29 is 14.4 Å². The summed E-state index contributed by atoms with van der Waals surface area (Å²) in [7, 11) is 0. The summed E-state index contributed by atoms with van der Waals surface area (Å²) >= 11 is 0. The SMILES string of the molecule is Cc1ccc(NC(=O)c2ccc(N3CCC(N4CCN(Cc5ccc(C6CCC(=O)NC6=O)cc5)CC4)CC3)cc2)cc1Nc1nccc(-c2cccnc2)n1. The minimum atomic E-state index is -0.239. The van der Waals surface area contributed by atoms with Gasteiger partial charge in [0.15, 0.2) is 0 Å². The number of carbonyl (C=O) groups is 3. The van der Waals surface area contributed by atoms with E-state index in [1.807, 2.05) is 67.6 Å². The highest BCUT2D eigenvalue weighted by Gasteiger charge is 2.29. The summed E-state index contributed by atoms with van der Waals surface area (Å²) in [5, 5.41) is 8.82. The molecule has 3 amide bonds. The average Bonchev–Trinajstić information content (AvgIpc) is 3.23. The van der Waals surface area contributed by atoms with Gasteiger partial charge in [-0.15, -0.1) is 0 Å². The smallest absolute Gasteiger partial charge is 0.255 e. The molecule has 1 atom stereocenters. The van der Waals surface area contributed by atoms with Gasteiger partial charge >= 0.3 is 0 Å². The number of aromatic nitrogens is 3. The van der Waals surface area contributed by atoms with E-state index in [0.29, 0.717) is 36.1 Å². The molecule has 3 fully saturated rings. The fourth-order valence-corrected chi connectivity index (χ4v) is 7.98. The number of hydrogen-bond acceptors (Lipinski definition) is 10. The first kappa shape index (κ1) is 37.0. The summed E-state index contributed by atoms with van der Waals surface area (Å²) in [6.07, 6.45) is 8.42. The van der Waals surface area contributed by atoms with E-state index in [4.69, 9.17) is 0 Å². The van der Waals surface area contributed by atoms with E-state index in [2.05, 4.69) is 69.9 Å². The van der Waals surface area contributed by atoms with Crippen LogP contribution in [0.2, 0.25) is 0 Å². The van der Waals surface area contributed by atoms with E-state index in [-0.39, 0.29) is 23.6 Å². The molecule has 0 aliphatic carbocycles. The molecule has 0 bridgehead atoms. The molecular formula is C44H47N9O3. The zero-order valence-electron chi connectivity index (χ0n) is 31.7. The first-order valence-corrected chi connectivity index (χ1v) is 19.5. The molecule has 0 saturated carbocycles. The number of imide groups is 1. The Morgan fingerprint density at radius 2 is 1.64 bits per heavy atom. The lowest BCUT2D eigenvalue weighted by Crippen LogP contribution is -2.53. The van der Waals surface area contributed by atoms with Gasteiger partial charge in [0, 0.05) is 105 Å². The Bertz CT molecular complexity index is 2160. The molecule has 286 valence electrons. The highest BCUT2D eigenvalue weighted by atomic mass is 16.2. The number of carbonyl (C=O) groups excluding carboxylic acids is 3. The number of hydrogen-bond donors (Lipinski definition) is 3. The van der Waals surface area contributed by atoms with Crippen LogP contribution >= 0.6 is 0 Å². The maximum Gasteiger partial charge on any atom is 0.255 e. The van der Waals surface area contributed by atoms with Crippen LogP contribution in [0.5, 0.6) is 0 Å². The van der Waals surface area contributed by atoms with Crippen molar-refractivity contribution >= 4 is 40.7 Å². The molecule has 3 aliphatic rings. The highest BCUT2D eigenvalue weighted by molar-refractivity contribution is 6.04. The predicted octanol–water partition coefficient (Wildman–Crippen LogP) is 6.15. The van der Waals surface area contributed by atoms with Crippen molar-refractivity contribution in [1.29, 1.82) is 0 Å². The number of pyridine rings is 1. The second-order valence-electron chi connectivity index (χ2n) is 14.9. The summed E-state index contributed by atoms with van der Waals surface area (Å²) in [5.74, 6) is -0.306. The molecule has 3 aromatic carbocycles. The number of piperidine rings is 2. The zero-order valence-corrected chi connectivity index (χ0v) is 31.7. The molecule has 0 radical (unpaired) electrons. The number of rotatable bonds is 10. The fourth-order valence-electron chi connectivity index (χ4n) is 7.98. The summed E-state index contributed by atoms with van der Waals surface area (Å²) < 4.78 is 0. The maximum absolute atomic E-state index is 13.3. The van der Waals surface area contributed by atoms with E-state index >= 15 is 0 Å². The first-order valence-electron chi connectivity index (χ1n) is 19.5. The van der Waals surface area contributed by atoms with E-state index in [0.717, 1.165) is 92.4 Å². The molecule has 12 nitrogen and oxygen atoms in total. The van der Waals surface area contributed by atoms with Crippen LogP contribution in [0.4, 0.5) is 23.0 Å². The molecular weight excluding hydrogens is 703 g/mol. The largest absolute Gasteiger partial charge is 0.371 e. The second kappa shape index (κ2) is 16.8. The van der Waals surface area contributed by atoms with Crippen molar-refractivity contribution in [2.24, 2.45) is 0 Å². The van der Waals surface area contributed by atoms with Crippen LogP contribution in [0.15, 0.2) is 104 Å². The molecule has 3 aliphatic heterocycles. The Hall–Kier alpha value is -5.98. The molecule has 1 unspecified atom stereocenters. The van der Waals surface area contributed by atoms with Crippen molar-refractivity contribution in [2.75, 3.05) is 54.8 Å². The lowest BCUT2D eigenvalue weighted by molar-refractivity contribution is -0.134. The Kier molecular flexibility index (Phi) is 11.1. The Morgan fingerprint density at radius 1 is 0.857 bits per heavy atom. The van der Waals surface area contributed by atoms with Crippen molar-refractivity contribution in [2.45, 2.75) is 51.1 Å². The maximum atomic E-state index is 13.3. The molecule has 5 heterocycles. The fraction of sp³-hybridized carbons (Fsp3) is 0.318. The predicted molar refractivity (Wildman–Crippen MR) is 218 cm³/mol. The number of benzene rings is 3. The van der Waals surface area contributed by atoms with Crippen LogP contribution in [0.25, 0.3) is 11.3 Å². The van der Waals surface area contributed by atoms with E-state index in [9.17, 15) is 14.4 Å². The van der Waals surface area contributed by atoms with E-state index < -0.39 is 0 Å². The van der Waals surface area contributed by atoms with Gasteiger partial charge in [-0.25, -0.2) is 9.97 Å². The molecule has 2 aromatic heterocycles. The normalized spacial score (nSPS) is 18.4. The van der Waals surface area contributed by atoms with Gasteiger partial charge in [0.2, 0.25) is 17.8 Å². The van der Waals surface area contributed by atoms with Gasteiger partial charge in [0.05, 0.1) is 11.6 Å². The highest BCUT2D eigenvalue weighted by Crippen LogP contribution is 2.28. The van der Waals surface area contributed by atoms with Crippen molar-refractivity contribution in [3.8, 4) is 11.3 Å². The summed E-state index contributed by atoms with van der Waals surface area (Å²) in [4.78, 5) is 57.9. The minimum Gasteiger partial charge on any atom is -0.371 e. The molecule has 5 aromatic rings. The third-order valence-corrected chi connectivity index (χ3v) is 11.3. The third-order valence-electron chi connectivity index (χ3n) is 11.3. The summed E-state index contributed by atoms with van der Waals surface area (Å²) in [6.45, 7) is 9.08.